The van der Waals surface area contributed by atoms with Gasteiger partial charge in [0.05, 0.1) is 7.11 Å². The molecule has 1 heterocycles. The first-order chi connectivity index (χ1) is 10.1. The number of para-hydroxylation sites is 1. The lowest BCUT2D eigenvalue weighted by molar-refractivity contribution is 0.0902. The molecule has 2 N–H and O–H groups in total. The predicted octanol–water partition coefficient (Wildman–Crippen LogP) is 2.64. The van der Waals surface area contributed by atoms with Crippen LogP contribution in [0.15, 0.2) is 22.6 Å². The highest BCUT2D eigenvalue weighted by atomic mass is 16.5. The van der Waals surface area contributed by atoms with E-state index in [1.54, 1.807) is 13.2 Å². The van der Waals surface area contributed by atoms with Crippen LogP contribution in [-0.4, -0.2) is 30.8 Å². The molecule has 1 unspecified atom stereocenters. The topological polar surface area (TPSA) is 71.7 Å². The fraction of sp³-hybridized carbons (Fsp3) is 0.438. The van der Waals surface area contributed by atoms with Crippen molar-refractivity contribution in [3.8, 4) is 5.75 Å². The summed E-state index contributed by atoms with van der Waals surface area (Å²) in [5.74, 6) is 0.647. The molecule has 5 heteroatoms. The lowest BCUT2D eigenvalue weighted by Crippen LogP contribution is -2.35. The summed E-state index contributed by atoms with van der Waals surface area (Å²) in [6.07, 6.45) is 1.29. The van der Waals surface area contributed by atoms with Crippen LogP contribution in [-0.2, 0) is 0 Å². The van der Waals surface area contributed by atoms with Crippen molar-refractivity contribution in [2.24, 2.45) is 0 Å². The van der Waals surface area contributed by atoms with Crippen molar-refractivity contribution in [1.29, 1.82) is 0 Å². The summed E-state index contributed by atoms with van der Waals surface area (Å²) in [7, 11) is 1.57. The van der Waals surface area contributed by atoms with E-state index >= 15 is 0 Å². The molecule has 1 atom stereocenters. The van der Waals surface area contributed by atoms with Gasteiger partial charge in [0, 0.05) is 23.6 Å². The number of methoxy groups -OCH3 is 1. The number of aliphatic hydroxyl groups is 1. The van der Waals surface area contributed by atoms with E-state index in [1.807, 2.05) is 26.0 Å². The van der Waals surface area contributed by atoms with Gasteiger partial charge in [0.25, 0.3) is 5.91 Å². The van der Waals surface area contributed by atoms with E-state index in [9.17, 15) is 4.79 Å². The summed E-state index contributed by atoms with van der Waals surface area (Å²) in [6.45, 7) is 3.87. The standard InChI is InChI=1S/C16H21NO4/c1-4-11(8-9-18)17-16(19)14-10(2)12-6-5-7-13(20-3)15(12)21-14/h5-7,11,18H,4,8-9H2,1-3H3,(H,17,19). The lowest BCUT2D eigenvalue weighted by Gasteiger charge is -2.14. The number of ether oxygens (including phenoxy) is 1. The lowest BCUT2D eigenvalue weighted by atomic mass is 10.1. The minimum absolute atomic E-state index is 0.0473. The number of fused-ring (bicyclic) bond motifs is 1. The van der Waals surface area contributed by atoms with Crippen LogP contribution in [0.2, 0.25) is 0 Å². The van der Waals surface area contributed by atoms with E-state index in [4.69, 9.17) is 14.3 Å². The van der Waals surface area contributed by atoms with Crippen LogP contribution in [0.4, 0.5) is 0 Å². The number of aliphatic hydroxyl groups excluding tert-OH is 1. The molecule has 1 aromatic carbocycles. The zero-order valence-corrected chi connectivity index (χ0v) is 12.6. The predicted molar refractivity (Wildman–Crippen MR) is 80.8 cm³/mol. The first-order valence-corrected chi connectivity index (χ1v) is 7.10. The third-order valence-corrected chi connectivity index (χ3v) is 3.66. The Bertz CT molecular complexity index is 632. The normalized spacial score (nSPS) is 12.4. The van der Waals surface area contributed by atoms with Gasteiger partial charge in [-0.25, -0.2) is 0 Å². The molecule has 114 valence electrons. The highest BCUT2D eigenvalue weighted by molar-refractivity contribution is 6.00. The number of aryl methyl sites for hydroxylation is 1. The van der Waals surface area contributed by atoms with E-state index in [2.05, 4.69) is 5.32 Å². The Kier molecular flexibility index (Phi) is 4.85. The van der Waals surface area contributed by atoms with E-state index in [-0.39, 0.29) is 18.6 Å². The number of rotatable bonds is 6. The van der Waals surface area contributed by atoms with E-state index < -0.39 is 0 Å². The van der Waals surface area contributed by atoms with Gasteiger partial charge in [-0.05, 0) is 25.8 Å². The highest BCUT2D eigenvalue weighted by Crippen LogP contribution is 2.32. The summed E-state index contributed by atoms with van der Waals surface area (Å²) >= 11 is 0. The van der Waals surface area contributed by atoms with Crippen molar-refractivity contribution >= 4 is 16.9 Å². The van der Waals surface area contributed by atoms with Crippen LogP contribution >= 0.6 is 0 Å². The number of benzene rings is 1. The van der Waals surface area contributed by atoms with Gasteiger partial charge in [-0.3, -0.25) is 4.79 Å². The van der Waals surface area contributed by atoms with Crippen molar-refractivity contribution in [2.45, 2.75) is 32.7 Å². The molecule has 0 aliphatic heterocycles. The highest BCUT2D eigenvalue weighted by Gasteiger charge is 2.21. The molecule has 0 aliphatic carbocycles. The van der Waals surface area contributed by atoms with Crippen molar-refractivity contribution in [3.05, 3.63) is 29.5 Å². The Labute approximate surface area is 123 Å². The summed E-state index contributed by atoms with van der Waals surface area (Å²) < 4.78 is 11.0. The average Bonchev–Trinajstić information content (AvgIpc) is 2.84. The Morgan fingerprint density at radius 3 is 2.86 bits per heavy atom. The number of nitrogens with one attached hydrogen (secondary N) is 1. The number of amides is 1. The molecule has 0 bridgehead atoms. The van der Waals surface area contributed by atoms with Crippen molar-refractivity contribution in [2.75, 3.05) is 13.7 Å². The maximum absolute atomic E-state index is 12.4. The molecular weight excluding hydrogens is 270 g/mol. The quantitative estimate of drug-likeness (QED) is 0.858. The molecule has 1 amide bonds. The van der Waals surface area contributed by atoms with Crippen molar-refractivity contribution < 1.29 is 19.1 Å². The van der Waals surface area contributed by atoms with Gasteiger partial charge < -0.3 is 19.6 Å². The van der Waals surface area contributed by atoms with Crippen LogP contribution in [0.5, 0.6) is 5.75 Å². The van der Waals surface area contributed by atoms with Gasteiger partial charge in [0.1, 0.15) is 0 Å². The summed E-state index contributed by atoms with van der Waals surface area (Å²) in [5, 5.41) is 12.8. The molecule has 2 rings (SSSR count). The monoisotopic (exact) mass is 291 g/mol. The van der Waals surface area contributed by atoms with Crippen LogP contribution in [0, 0.1) is 6.92 Å². The van der Waals surface area contributed by atoms with Crippen LogP contribution in [0.3, 0.4) is 0 Å². The fourth-order valence-electron chi connectivity index (χ4n) is 2.38. The molecule has 0 saturated carbocycles. The Balaban J connectivity index is 2.33. The molecule has 0 saturated heterocycles. The number of furan rings is 1. The molecule has 0 fully saturated rings. The molecule has 1 aromatic heterocycles. The van der Waals surface area contributed by atoms with E-state index in [0.29, 0.717) is 23.5 Å². The van der Waals surface area contributed by atoms with E-state index in [0.717, 1.165) is 17.4 Å². The maximum Gasteiger partial charge on any atom is 0.287 e. The van der Waals surface area contributed by atoms with E-state index in [1.165, 1.54) is 0 Å². The molecule has 21 heavy (non-hydrogen) atoms. The number of carbonyl (C=O) groups is 1. The average molecular weight is 291 g/mol. The second-order valence-electron chi connectivity index (χ2n) is 4.98. The Morgan fingerprint density at radius 1 is 1.48 bits per heavy atom. The molecule has 2 aromatic rings. The zero-order chi connectivity index (χ0) is 15.4. The molecule has 0 aliphatic rings. The zero-order valence-electron chi connectivity index (χ0n) is 12.6. The summed E-state index contributed by atoms with van der Waals surface area (Å²) in [4.78, 5) is 12.4. The second kappa shape index (κ2) is 6.63. The molecule has 0 spiro atoms. The fourth-order valence-corrected chi connectivity index (χ4v) is 2.38. The maximum atomic E-state index is 12.4. The number of hydrogen-bond acceptors (Lipinski definition) is 4. The van der Waals surface area contributed by atoms with Crippen LogP contribution in [0.25, 0.3) is 11.0 Å². The van der Waals surface area contributed by atoms with Gasteiger partial charge in [-0.1, -0.05) is 19.1 Å². The smallest absolute Gasteiger partial charge is 0.287 e. The summed E-state index contributed by atoms with van der Waals surface area (Å²) in [6, 6.07) is 5.51. The minimum Gasteiger partial charge on any atom is -0.493 e. The van der Waals surface area contributed by atoms with Crippen molar-refractivity contribution in [1.82, 2.24) is 5.32 Å². The second-order valence-corrected chi connectivity index (χ2v) is 4.98. The van der Waals surface area contributed by atoms with Gasteiger partial charge in [-0.2, -0.15) is 0 Å². The minimum atomic E-state index is -0.258. The molecule has 5 nitrogen and oxygen atoms in total. The van der Waals surface area contributed by atoms with Crippen molar-refractivity contribution in [3.63, 3.8) is 0 Å². The van der Waals surface area contributed by atoms with Gasteiger partial charge in [0.15, 0.2) is 17.1 Å². The molecular formula is C16H21NO4. The first kappa shape index (κ1) is 15.4. The largest absolute Gasteiger partial charge is 0.493 e. The Morgan fingerprint density at radius 2 is 2.24 bits per heavy atom. The summed E-state index contributed by atoms with van der Waals surface area (Å²) in [5.41, 5.74) is 1.37. The third kappa shape index (κ3) is 3.03. The van der Waals surface area contributed by atoms with Gasteiger partial charge >= 0.3 is 0 Å². The Hall–Kier alpha value is -2.01. The van der Waals surface area contributed by atoms with Crippen LogP contribution < -0.4 is 10.1 Å². The SMILES string of the molecule is CCC(CCO)NC(=O)c1oc2c(OC)cccc2c1C. The van der Waals surface area contributed by atoms with Crippen LogP contribution in [0.1, 0.15) is 35.9 Å². The first-order valence-electron chi connectivity index (χ1n) is 7.10. The third-order valence-electron chi connectivity index (χ3n) is 3.66. The number of carbonyl (C=O) groups excluding carboxylic acids is 1. The van der Waals surface area contributed by atoms with Gasteiger partial charge in [0.2, 0.25) is 0 Å². The number of hydrogen-bond donors (Lipinski definition) is 2. The molecule has 0 radical (unpaired) electrons. The van der Waals surface area contributed by atoms with Gasteiger partial charge in [-0.15, -0.1) is 0 Å².